The third kappa shape index (κ3) is 4.26. The van der Waals surface area contributed by atoms with E-state index < -0.39 is 5.97 Å². The lowest BCUT2D eigenvalue weighted by atomic mass is 9.83. The summed E-state index contributed by atoms with van der Waals surface area (Å²) in [6.07, 6.45) is 9.93. The van der Waals surface area contributed by atoms with Gasteiger partial charge >= 0.3 is 5.97 Å². The van der Waals surface area contributed by atoms with Gasteiger partial charge in [-0.1, -0.05) is 79.9 Å². The molecule has 1 aliphatic rings. The minimum Gasteiger partial charge on any atom is -0.477 e. The first-order valence-corrected chi connectivity index (χ1v) is 13.5. The first-order chi connectivity index (χ1) is 17.7. The molecule has 5 aromatic rings. The molecule has 1 N–H and O–H groups in total. The topological polar surface area (TPSA) is 60.0 Å². The molecule has 3 heterocycles. The van der Waals surface area contributed by atoms with Crippen molar-refractivity contribution in [2.75, 3.05) is 0 Å². The van der Waals surface area contributed by atoms with E-state index in [0.717, 1.165) is 35.4 Å². The summed E-state index contributed by atoms with van der Waals surface area (Å²) >= 11 is 1.43. The van der Waals surface area contributed by atoms with Crippen LogP contribution in [0.1, 0.15) is 64.6 Å². The van der Waals surface area contributed by atoms with E-state index in [9.17, 15) is 9.90 Å². The molecular formula is C30H29N3O2S. The van der Waals surface area contributed by atoms with Crippen LogP contribution >= 0.6 is 11.3 Å². The Morgan fingerprint density at radius 3 is 2.42 bits per heavy atom. The number of rotatable bonds is 7. The molecule has 182 valence electrons. The zero-order valence-corrected chi connectivity index (χ0v) is 21.0. The number of thiophene rings is 1. The second-order valence-electron chi connectivity index (χ2n) is 9.64. The Kier molecular flexibility index (Phi) is 6.20. The van der Waals surface area contributed by atoms with Gasteiger partial charge in [0.15, 0.2) is 0 Å². The molecule has 1 saturated carbocycles. The summed E-state index contributed by atoms with van der Waals surface area (Å²) in [4.78, 5) is 17.1. The van der Waals surface area contributed by atoms with Crippen molar-refractivity contribution in [1.82, 2.24) is 14.1 Å². The largest absolute Gasteiger partial charge is 0.477 e. The summed E-state index contributed by atoms with van der Waals surface area (Å²) < 4.78 is 5.64. The third-order valence-electron chi connectivity index (χ3n) is 7.34. The molecule has 0 unspecified atom stereocenters. The lowest BCUT2D eigenvalue weighted by Gasteiger charge is -2.23. The highest BCUT2D eigenvalue weighted by Gasteiger charge is 2.29. The average molecular weight is 496 g/mol. The van der Waals surface area contributed by atoms with Crippen molar-refractivity contribution in [2.45, 2.75) is 51.1 Å². The molecule has 3 aromatic heterocycles. The molecule has 0 atom stereocenters. The van der Waals surface area contributed by atoms with E-state index in [1.807, 2.05) is 24.5 Å². The van der Waals surface area contributed by atoms with E-state index in [1.54, 1.807) is 0 Å². The Bertz CT molecular complexity index is 1490. The van der Waals surface area contributed by atoms with Crippen LogP contribution in [-0.4, -0.2) is 25.2 Å². The summed E-state index contributed by atoms with van der Waals surface area (Å²) in [7, 11) is 0. The zero-order chi connectivity index (χ0) is 24.5. The molecule has 2 aromatic carbocycles. The molecule has 0 saturated heterocycles. The van der Waals surface area contributed by atoms with Gasteiger partial charge in [-0.3, -0.25) is 0 Å². The molecule has 0 amide bonds. The highest BCUT2D eigenvalue weighted by Crippen LogP contribution is 2.47. The number of aromatic carboxylic acids is 1. The van der Waals surface area contributed by atoms with Gasteiger partial charge in [-0.25, -0.2) is 9.78 Å². The summed E-state index contributed by atoms with van der Waals surface area (Å²) in [5, 5.41) is 9.83. The van der Waals surface area contributed by atoms with Gasteiger partial charge in [-0.2, -0.15) is 0 Å². The van der Waals surface area contributed by atoms with Gasteiger partial charge in [-0.05, 0) is 41.5 Å². The van der Waals surface area contributed by atoms with Crippen molar-refractivity contribution >= 4 is 27.5 Å². The van der Waals surface area contributed by atoms with Gasteiger partial charge in [-0.15, -0.1) is 11.3 Å². The quantitative estimate of drug-likeness (QED) is 0.256. The van der Waals surface area contributed by atoms with Crippen molar-refractivity contribution in [3.8, 4) is 11.3 Å². The molecule has 0 spiro atoms. The highest BCUT2D eigenvalue weighted by atomic mass is 32.1. The molecule has 6 heteroatoms. The molecular weight excluding hydrogens is 466 g/mol. The lowest BCUT2D eigenvalue weighted by molar-refractivity contribution is 0.0702. The van der Waals surface area contributed by atoms with Crippen molar-refractivity contribution in [3.63, 3.8) is 0 Å². The molecule has 0 aliphatic heterocycles. The van der Waals surface area contributed by atoms with E-state index in [-0.39, 0.29) is 0 Å². The predicted molar refractivity (Wildman–Crippen MR) is 145 cm³/mol. The van der Waals surface area contributed by atoms with E-state index in [2.05, 4.69) is 63.7 Å². The van der Waals surface area contributed by atoms with Crippen LogP contribution in [0.25, 0.3) is 21.5 Å². The minimum absolute atomic E-state index is 0.401. The predicted octanol–water partition coefficient (Wildman–Crippen LogP) is 7.41. The Labute approximate surface area is 214 Å². The number of carboxylic acid groups (broad SMARTS) is 1. The van der Waals surface area contributed by atoms with Gasteiger partial charge < -0.3 is 14.2 Å². The molecule has 0 radical (unpaired) electrons. The Balaban J connectivity index is 1.52. The number of hydrogen-bond acceptors (Lipinski definition) is 3. The molecule has 1 fully saturated rings. The van der Waals surface area contributed by atoms with Crippen LogP contribution in [-0.2, 0) is 13.1 Å². The lowest BCUT2D eigenvalue weighted by Crippen LogP contribution is -2.11. The van der Waals surface area contributed by atoms with Crippen LogP contribution in [0.2, 0.25) is 0 Å². The average Bonchev–Trinajstić information content (AvgIpc) is 3.61. The standard InChI is InChI=1S/C30H29N3O2S/c34-30(35)25-18-24-29(36-25)27(22-12-6-2-7-13-22)28(23-14-8-3-9-15-23)33(24)20-26-31-16-17-32(26)19-21-10-4-1-5-11-21/h1,3-5,8-11,14-18,22H,2,6-7,12-13,19-20H2,(H,34,35). The van der Waals surface area contributed by atoms with Gasteiger partial charge in [0.25, 0.3) is 0 Å². The maximum atomic E-state index is 12.0. The fourth-order valence-electron chi connectivity index (χ4n) is 5.65. The van der Waals surface area contributed by atoms with Crippen LogP contribution in [0, 0.1) is 0 Å². The first kappa shape index (κ1) is 22.8. The van der Waals surface area contributed by atoms with Crippen molar-refractivity contribution in [2.24, 2.45) is 0 Å². The number of carboxylic acids is 1. The van der Waals surface area contributed by atoms with E-state index in [0.29, 0.717) is 17.3 Å². The number of imidazole rings is 1. The number of fused-ring (bicyclic) bond motifs is 1. The number of carbonyl (C=O) groups is 1. The molecule has 36 heavy (non-hydrogen) atoms. The number of aromatic nitrogens is 3. The second kappa shape index (κ2) is 9.78. The Morgan fingerprint density at radius 1 is 0.972 bits per heavy atom. The monoisotopic (exact) mass is 495 g/mol. The minimum atomic E-state index is -0.857. The molecule has 6 rings (SSSR count). The SMILES string of the molecule is O=C(O)c1cc2c(s1)c(C1CCCCC1)c(-c1ccccc1)n2Cc1nccn1Cc1ccccc1. The smallest absolute Gasteiger partial charge is 0.345 e. The maximum absolute atomic E-state index is 12.0. The first-order valence-electron chi connectivity index (χ1n) is 12.7. The van der Waals surface area contributed by atoms with E-state index >= 15 is 0 Å². The van der Waals surface area contributed by atoms with E-state index in [1.165, 1.54) is 53.0 Å². The normalized spacial score (nSPS) is 14.4. The number of nitrogens with zero attached hydrogens (tertiary/aromatic N) is 3. The maximum Gasteiger partial charge on any atom is 0.345 e. The van der Waals surface area contributed by atoms with Gasteiger partial charge in [0.1, 0.15) is 10.7 Å². The summed E-state index contributed by atoms with van der Waals surface area (Å²) in [6.45, 7) is 1.34. The molecule has 1 aliphatic carbocycles. The highest BCUT2D eigenvalue weighted by molar-refractivity contribution is 7.21. The fraction of sp³-hybridized carbons (Fsp3) is 0.267. The zero-order valence-electron chi connectivity index (χ0n) is 20.1. The Hall–Kier alpha value is -3.64. The van der Waals surface area contributed by atoms with Crippen molar-refractivity contribution < 1.29 is 9.90 Å². The van der Waals surface area contributed by atoms with E-state index in [4.69, 9.17) is 4.98 Å². The summed E-state index contributed by atoms with van der Waals surface area (Å²) in [5.41, 5.74) is 5.96. The van der Waals surface area contributed by atoms with Crippen LogP contribution in [0.5, 0.6) is 0 Å². The third-order valence-corrected chi connectivity index (χ3v) is 8.49. The van der Waals surface area contributed by atoms with Crippen molar-refractivity contribution in [3.05, 3.63) is 101 Å². The Morgan fingerprint density at radius 2 is 1.69 bits per heavy atom. The van der Waals surface area contributed by atoms with Crippen molar-refractivity contribution in [1.29, 1.82) is 0 Å². The van der Waals surface area contributed by atoms with Crippen LogP contribution in [0.3, 0.4) is 0 Å². The second-order valence-corrected chi connectivity index (χ2v) is 10.7. The van der Waals surface area contributed by atoms with Gasteiger partial charge in [0, 0.05) is 18.9 Å². The molecule has 0 bridgehead atoms. The van der Waals surface area contributed by atoms with Crippen LogP contribution in [0.15, 0.2) is 79.1 Å². The summed E-state index contributed by atoms with van der Waals surface area (Å²) in [6, 6.07) is 22.9. The molecule has 5 nitrogen and oxygen atoms in total. The summed E-state index contributed by atoms with van der Waals surface area (Å²) in [5.74, 6) is 0.553. The number of hydrogen-bond donors (Lipinski definition) is 1. The van der Waals surface area contributed by atoms with Crippen LogP contribution < -0.4 is 0 Å². The fourth-order valence-corrected chi connectivity index (χ4v) is 6.78. The van der Waals surface area contributed by atoms with Gasteiger partial charge in [0.2, 0.25) is 0 Å². The van der Waals surface area contributed by atoms with Gasteiger partial charge in [0.05, 0.1) is 22.5 Å². The van der Waals surface area contributed by atoms with Crippen LogP contribution in [0.4, 0.5) is 0 Å². The number of benzene rings is 2.